The van der Waals surface area contributed by atoms with Crippen molar-refractivity contribution in [2.75, 3.05) is 39.8 Å². The summed E-state index contributed by atoms with van der Waals surface area (Å²) in [6, 6.07) is 0. The third kappa shape index (κ3) is 2.27. The van der Waals surface area contributed by atoms with Crippen molar-refractivity contribution in [1.29, 1.82) is 0 Å². The molecular formula is C8H17N2. The van der Waals surface area contributed by atoms with Gasteiger partial charge in [0.05, 0.1) is 0 Å². The molecule has 1 radical (unpaired) electrons. The highest BCUT2D eigenvalue weighted by Gasteiger charge is 2.11. The zero-order valence-electron chi connectivity index (χ0n) is 7.01. The molecule has 0 N–H and O–H groups in total. The molecule has 0 aromatic rings. The van der Waals surface area contributed by atoms with E-state index in [9.17, 15) is 0 Å². The highest BCUT2D eigenvalue weighted by Crippen LogP contribution is 1.98. The summed E-state index contributed by atoms with van der Waals surface area (Å²) in [6.07, 6.45) is 2.23. The van der Waals surface area contributed by atoms with Crippen molar-refractivity contribution in [3.63, 3.8) is 0 Å². The number of hydrogen-bond donors (Lipinski definition) is 0. The fourth-order valence-electron chi connectivity index (χ4n) is 1.29. The van der Waals surface area contributed by atoms with E-state index in [0.717, 1.165) is 6.54 Å². The highest BCUT2D eigenvalue weighted by molar-refractivity contribution is 4.72. The zero-order valence-corrected chi connectivity index (χ0v) is 7.01. The Hall–Kier alpha value is -0.0800. The van der Waals surface area contributed by atoms with Gasteiger partial charge in [0.1, 0.15) is 0 Å². The maximum Gasteiger partial charge on any atom is 0.0110 e. The van der Waals surface area contributed by atoms with Gasteiger partial charge >= 0.3 is 0 Å². The van der Waals surface area contributed by atoms with Gasteiger partial charge in [-0.1, -0.05) is 6.92 Å². The molecule has 1 heterocycles. The summed E-state index contributed by atoms with van der Waals surface area (Å²) >= 11 is 0. The Balaban J connectivity index is 2.13. The Labute approximate surface area is 63.8 Å². The fraction of sp³-hybridized carbons (Fsp3) is 0.875. The van der Waals surface area contributed by atoms with E-state index in [1.807, 2.05) is 0 Å². The molecule has 1 aliphatic heterocycles. The minimum absolute atomic E-state index is 1.16. The van der Waals surface area contributed by atoms with Crippen LogP contribution >= 0.6 is 0 Å². The quantitative estimate of drug-likeness (QED) is 0.551. The largest absolute Gasteiger partial charge is 0.304 e. The lowest BCUT2D eigenvalue weighted by Crippen LogP contribution is -2.44. The molecular weight excluding hydrogens is 124 g/mol. The minimum atomic E-state index is 1.16. The summed E-state index contributed by atoms with van der Waals surface area (Å²) in [5, 5.41) is 0. The number of likely N-dealkylation sites (N-methyl/N-ethyl adjacent to an activating group) is 1. The third-order valence-electron chi connectivity index (χ3n) is 2.04. The summed E-state index contributed by atoms with van der Waals surface area (Å²) in [4.78, 5) is 4.87. The van der Waals surface area contributed by atoms with Crippen LogP contribution in [0.25, 0.3) is 0 Å². The summed E-state index contributed by atoms with van der Waals surface area (Å²) in [5.74, 6) is 0. The molecule has 0 aromatic carbocycles. The number of hydrogen-bond acceptors (Lipinski definition) is 2. The Bertz CT molecular complexity index is 85.3. The Kier molecular flexibility index (Phi) is 3.16. The molecule has 0 aliphatic carbocycles. The van der Waals surface area contributed by atoms with Crippen molar-refractivity contribution >= 4 is 0 Å². The molecule has 0 amide bonds. The van der Waals surface area contributed by atoms with Gasteiger partial charge in [-0.25, -0.2) is 0 Å². The van der Waals surface area contributed by atoms with Crippen molar-refractivity contribution < 1.29 is 0 Å². The van der Waals surface area contributed by atoms with Gasteiger partial charge in [0.2, 0.25) is 0 Å². The standard InChI is InChI=1S/C8H17N2/c1-3-4-10-7-5-9(2)6-8-10/h3H,4-8H2,1-2H3. The maximum absolute atomic E-state index is 2.49. The van der Waals surface area contributed by atoms with Gasteiger partial charge in [-0.15, -0.1) is 0 Å². The van der Waals surface area contributed by atoms with Crippen molar-refractivity contribution in [2.24, 2.45) is 0 Å². The zero-order chi connectivity index (χ0) is 7.40. The molecule has 10 heavy (non-hydrogen) atoms. The van der Waals surface area contributed by atoms with Crippen LogP contribution in [0.4, 0.5) is 0 Å². The Morgan fingerprint density at radius 2 is 1.80 bits per heavy atom. The first kappa shape index (κ1) is 8.02. The van der Waals surface area contributed by atoms with E-state index >= 15 is 0 Å². The highest BCUT2D eigenvalue weighted by atomic mass is 15.2. The monoisotopic (exact) mass is 141 g/mol. The first-order chi connectivity index (χ1) is 4.83. The molecule has 2 heteroatoms. The lowest BCUT2D eigenvalue weighted by atomic mass is 10.3. The van der Waals surface area contributed by atoms with Gasteiger partial charge in [0.15, 0.2) is 0 Å². The van der Waals surface area contributed by atoms with Crippen LogP contribution in [0.3, 0.4) is 0 Å². The van der Waals surface area contributed by atoms with Crippen LogP contribution in [0.5, 0.6) is 0 Å². The van der Waals surface area contributed by atoms with Gasteiger partial charge in [-0.3, -0.25) is 0 Å². The first-order valence-corrected chi connectivity index (χ1v) is 4.01. The molecule has 0 saturated carbocycles. The van der Waals surface area contributed by atoms with Gasteiger partial charge < -0.3 is 9.80 Å². The number of rotatable bonds is 2. The SMILES string of the molecule is C[CH]CN1CCN(C)CC1. The van der Waals surface area contributed by atoms with Crippen molar-refractivity contribution in [3.05, 3.63) is 6.42 Å². The molecule has 0 spiro atoms. The van der Waals surface area contributed by atoms with Crippen LogP contribution in [-0.2, 0) is 0 Å². The molecule has 1 rings (SSSR count). The van der Waals surface area contributed by atoms with E-state index in [4.69, 9.17) is 0 Å². The van der Waals surface area contributed by atoms with Crippen molar-refractivity contribution in [3.8, 4) is 0 Å². The summed E-state index contributed by atoms with van der Waals surface area (Å²) in [5.41, 5.74) is 0. The summed E-state index contributed by atoms with van der Waals surface area (Å²) < 4.78 is 0. The predicted octanol–water partition coefficient (Wildman–Crippen LogP) is 0.458. The molecule has 0 bridgehead atoms. The molecule has 2 nitrogen and oxygen atoms in total. The smallest absolute Gasteiger partial charge is 0.0110 e. The number of piperazine rings is 1. The topological polar surface area (TPSA) is 6.48 Å². The molecule has 0 aromatic heterocycles. The Morgan fingerprint density at radius 1 is 1.20 bits per heavy atom. The predicted molar refractivity (Wildman–Crippen MR) is 43.9 cm³/mol. The van der Waals surface area contributed by atoms with E-state index in [0.29, 0.717) is 0 Å². The second-order valence-electron chi connectivity index (χ2n) is 3.01. The van der Waals surface area contributed by atoms with E-state index in [-0.39, 0.29) is 0 Å². The fourth-order valence-corrected chi connectivity index (χ4v) is 1.29. The summed E-state index contributed by atoms with van der Waals surface area (Å²) in [7, 11) is 2.19. The second-order valence-corrected chi connectivity index (χ2v) is 3.01. The average molecular weight is 141 g/mol. The third-order valence-corrected chi connectivity index (χ3v) is 2.04. The first-order valence-electron chi connectivity index (χ1n) is 4.01. The van der Waals surface area contributed by atoms with Crippen LogP contribution in [0.2, 0.25) is 0 Å². The molecule has 0 atom stereocenters. The van der Waals surface area contributed by atoms with Crippen LogP contribution in [-0.4, -0.2) is 49.6 Å². The van der Waals surface area contributed by atoms with Crippen LogP contribution in [0.1, 0.15) is 6.92 Å². The van der Waals surface area contributed by atoms with Crippen molar-refractivity contribution in [1.82, 2.24) is 9.80 Å². The minimum Gasteiger partial charge on any atom is -0.304 e. The molecule has 1 aliphatic rings. The molecule has 1 saturated heterocycles. The van der Waals surface area contributed by atoms with Crippen LogP contribution in [0, 0.1) is 6.42 Å². The summed E-state index contributed by atoms with van der Waals surface area (Å²) in [6.45, 7) is 8.22. The Morgan fingerprint density at radius 3 is 2.30 bits per heavy atom. The van der Waals surface area contributed by atoms with Crippen molar-refractivity contribution in [2.45, 2.75) is 6.92 Å². The lowest BCUT2D eigenvalue weighted by Gasteiger charge is -2.31. The van der Waals surface area contributed by atoms with Crippen LogP contribution in [0.15, 0.2) is 0 Å². The van der Waals surface area contributed by atoms with E-state index in [1.54, 1.807) is 0 Å². The molecule has 1 fully saturated rings. The van der Waals surface area contributed by atoms with Gasteiger partial charge in [0.25, 0.3) is 0 Å². The average Bonchev–Trinajstić information content (AvgIpc) is 1.95. The molecule has 59 valence electrons. The maximum atomic E-state index is 2.49. The van der Waals surface area contributed by atoms with E-state index in [1.165, 1.54) is 26.2 Å². The van der Waals surface area contributed by atoms with E-state index in [2.05, 4.69) is 30.2 Å². The number of nitrogens with zero attached hydrogens (tertiary/aromatic N) is 2. The van der Waals surface area contributed by atoms with Gasteiger partial charge in [0, 0.05) is 32.7 Å². The van der Waals surface area contributed by atoms with E-state index < -0.39 is 0 Å². The van der Waals surface area contributed by atoms with Gasteiger partial charge in [-0.2, -0.15) is 0 Å². The normalized spacial score (nSPS) is 23.4. The lowest BCUT2D eigenvalue weighted by molar-refractivity contribution is 0.163. The molecule has 0 unspecified atom stereocenters. The second kappa shape index (κ2) is 3.94. The van der Waals surface area contributed by atoms with Crippen LogP contribution < -0.4 is 0 Å². The van der Waals surface area contributed by atoms with Gasteiger partial charge in [-0.05, 0) is 13.5 Å².